The van der Waals surface area contributed by atoms with Gasteiger partial charge in [0.05, 0.1) is 0 Å². The molecule has 7 rings (SSSR count). The highest BCUT2D eigenvalue weighted by Crippen LogP contribution is 2.54. The minimum atomic E-state index is 0.513. The van der Waals surface area contributed by atoms with E-state index < -0.39 is 0 Å². The van der Waals surface area contributed by atoms with Crippen molar-refractivity contribution < 1.29 is 0 Å². The summed E-state index contributed by atoms with van der Waals surface area (Å²) in [6, 6.07) is 5.16. The van der Waals surface area contributed by atoms with E-state index in [1.54, 1.807) is 22.3 Å². The number of benzene rings is 1. The van der Waals surface area contributed by atoms with Crippen LogP contribution < -0.4 is 10.4 Å². The third-order valence-electron chi connectivity index (χ3n) is 8.71. The summed E-state index contributed by atoms with van der Waals surface area (Å²) in [6.07, 6.45) is 27.5. The van der Waals surface area contributed by atoms with Crippen LogP contribution in [0.2, 0.25) is 0 Å². The molecule has 0 heteroatoms. The summed E-state index contributed by atoms with van der Waals surface area (Å²) in [5.74, 6) is 1.69. The SMILES string of the molecule is CC1=c2cc3c(cc2=C(C)CC1)C1CC2CC=CC=C2C=C1C1=CC2=CC=CCC2C=C13. The highest BCUT2D eigenvalue weighted by Gasteiger charge is 2.38. The van der Waals surface area contributed by atoms with Crippen molar-refractivity contribution in [3.8, 4) is 0 Å². The van der Waals surface area contributed by atoms with E-state index in [0.717, 1.165) is 6.42 Å². The number of fused-ring (bicyclic) bond motifs is 9. The average Bonchev–Trinajstić information content (AvgIpc) is 2.84. The van der Waals surface area contributed by atoms with Gasteiger partial charge in [0.25, 0.3) is 0 Å². The molecule has 0 radical (unpaired) electrons. The fraction of sp³-hybridized carbons (Fsp3) is 0.312. The van der Waals surface area contributed by atoms with Crippen molar-refractivity contribution >= 4 is 16.7 Å². The van der Waals surface area contributed by atoms with Crippen LogP contribution in [0.1, 0.15) is 63.0 Å². The zero-order valence-electron chi connectivity index (χ0n) is 19.1. The molecule has 158 valence electrons. The largest absolute Gasteiger partial charge is 0.0839 e. The standard InChI is InChI=1S/C32H30/c1-19-11-12-20(2)26-18-32-30-16-24-10-6-4-8-22(24)14-28(30)27-13-21-7-3-5-9-23(21)15-29(27)31(32)17-25(19)26/h3-8,13-15,17-18,23-24,30H,9-12,16H2,1-2H3. The van der Waals surface area contributed by atoms with Gasteiger partial charge in [0.2, 0.25) is 0 Å². The lowest BCUT2D eigenvalue weighted by Gasteiger charge is -2.41. The molecule has 32 heavy (non-hydrogen) atoms. The second-order valence-corrected chi connectivity index (χ2v) is 10.5. The Bertz CT molecular complexity index is 1410. The molecule has 6 aliphatic carbocycles. The molecule has 0 saturated carbocycles. The van der Waals surface area contributed by atoms with Crippen LogP contribution in [0.4, 0.5) is 0 Å². The molecule has 0 aromatic heterocycles. The van der Waals surface area contributed by atoms with Crippen LogP contribution in [-0.2, 0) is 0 Å². The third kappa shape index (κ3) is 2.62. The Morgan fingerprint density at radius 1 is 0.781 bits per heavy atom. The summed E-state index contributed by atoms with van der Waals surface area (Å²) in [7, 11) is 0. The highest BCUT2D eigenvalue weighted by atomic mass is 14.4. The molecule has 0 saturated heterocycles. The van der Waals surface area contributed by atoms with Crippen molar-refractivity contribution in [3.05, 3.63) is 111 Å². The van der Waals surface area contributed by atoms with Gasteiger partial charge in [-0.05, 0) is 113 Å². The van der Waals surface area contributed by atoms with Gasteiger partial charge in [-0.3, -0.25) is 0 Å². The Labute approximate surface area is 191 Å². The van der Waals surface area contributed by atoms with Crippen molar-refractivity contribution in [2.24, 2.45) is 11.8 Å². The lowest BCUT2D eigenvalue weighted by Crippen LogP contribution is -2.35. The van der Waals surface area contributed by atoms with Crippen molar-refractivity contribution in [2.45, 2.75) is 51.9 Å². The Morgan fingerprint density at radius 3 is 2.38 bits per heavy atom. The van der Waals surface area contributed by atoms with Crippen LogP contribution in [0.15, 0.2) is 89.1 Å². The fourth-order valence-electron chi connectivity index (χ4n) is 6.83. The van der Waals surface area contributed by atoms with Crippen molar-refractivity contribution in [1.29, 1.82) is 0 Å². The van der Waals surface area contributed by atoms with E-state index in [2.05, 4.69) is 80.7 Å². The molecule has 0 N–H and O–H groups in total. The minimum Gasteiger partial charge on any atom is -0.0839 e. The first kappa shape index (κ1) is 18.7. The normalized spacial score (nSPS) is 29.2. The van der Waals surface area contributed by atoms with E-state index in [9.17, 15) is 0 Å². The second-order valence-electron chi connectivity index (χ2n) is 10.5. The topological polar surface area (TPSA) is 0 Å². The van der Waals surface area contributed by atoms with Gasteiger partial charge in [0.15, 0.2) is 0 Å². The van der Waals surface area contributed by atoms with Gasteiger partial charge in [0, 0.05) is 11.8 Å². The molecule has 0 nitrogen and oxygen atoms in total. The number of hydrogen-bond acceptors (Lipinski definition) is 0. The molecule has 0 amide bonds. The van der Waals surface area contributed by atoms with Gasteiger partial charge in [-0.2, -0.15) is 0 Å². The van der Waals surface area contributed by atoms with E-state index >= 15 is 0 Å². The molecule has 3 atom stereocenters. The van der Waals surface area contributed by atoms with E-state index in [0.29, 0.717) is 17.8 Å². The molecule has 0 spiro atoms. The molecule has 0 heterocycles. The molecule has 1 aromatic rings. The predicted octanol–water partition coefficient (Wildman–Crippen LogP) is 6.58. The van der Waals surface area contributed by atoms with Crippen molar-refractivity contribution in [1.82, 2.24) is 0 Å². The highest BCUT2D eigenvalue weighted by molar-refractivity contribution is 5.92. The molecule has 1 aromatic carbocycles. The molecule has 0 bridgehead atoms. The van der Waals surface area contributed by atoms with Gasteiger partial charge in [0.1, 0.15) is 0 Å². The zero-order chi connectivity index (χ0) is 21.4. The Kier molecular flexibility index (Phi) is 3.98. The van der Waals surface area contributed by atoms with Crippen molar-refractivity contribution in [2.75, 3.05) is 0 Å². The van der Waals surface area contributed by atoms with Crippen LogP contribution in [0.3, 0.4) is 0 Å². The zero-order valence-corrected chi connectivity index (χ0v) is 19.1. The maximum atomic E-state index is 2.60. The first-order valence-electron chi connectivity index (χ1n) is 12.4. The number of hydrogen-bond donors (Lipinski definition) is 0. The quantitative estimate of drug-likeness (QED) is 0.450. The molecular weight excluding hydrogens is 384 g/mol. The molecule has 3 unspecified atom stereocenters. The van der Waals surface area contributed by atoms with Crippen LogP contribution >= 0.6 is 0 Å². The summed E-state index contributed by atoms with van der Waals surface area (Å²) in [4.78, 5) is 0. The van der Waals surface area contributed by atoms with Gasteiger partial charge in [-0.15, -0.1) is 0 Å². The van der Waals surface area contributed by atoms with E-state index in [4.69, 9.17) is 0 Å². The maximum absolute atomic E-state index is 2.60. The molecular formula is C32H30. The third-order valence-corrected chi connectivity index (χ3v) is 8.71. The van der Waals surface area contributed by atoms with Crippen LogP contribution in [0.25, 0.3) is 16.7 Å². The van der Waals surface area contributed by atoms with Crippen LogP contribution in [-0.4, -0.2) is 0 Å². The monoisotopic (exact) mass is 414 g/mol. The summed E-state index contributed by atoms with van der Waals surface area (Å²) in [5, 5.41) is 3.02. The van der Waals surface area contributed by atoms with Crippen LogP contribution in [0, 0.1) is 11.8 Å². The van der Waals surface area contributed by atoms with Crippen LogP contribution in [0.5, 0.6) is 0 Å². The molecule has 0 fully saturated rings. The smallest absolute Gasteiger partial charge is 0.0108 e. The summed E-state index contributed by atoms with van der Waals surface area (Å²) in [5.41, 5.74) is 13.8. The average molecular weight is 415 g/mol. The minimum absolute atomic E-state index is 0.513. The number of rotatable bonds is 0. The van der Waals surface area contributed by atoms with Gasteiger partial charge >= 0.3 is 0 Å². The Morgan fingerprint density at radius 2 is 1.53 bits per heavy atom. The Hall–Kier alpha value is -2.86. The van der Waals surface area contributed by atoms with E-state index in [1.165, 1.54) is 64.0 Å². The van der Waals surface area contributed by atoms with E-state index in [-0.39, 0.29) is 0 Å². The first-order chi connectivity index (χ1) is 15.7. The maximum Gasteiger partial charge on any atom is 0.0108 e. The van der Waals surface area contributed by atoms with E-state index in [1.807, 2.05) is 0 Å². The summed E-state index contributed by atoms with van der Waals surface area (Å²) < 4.78 is 0. The number of allylic oxidation sites excluding steroid dienone is 14. The lowest BCUT2D eigenvalue weighted by atomic mass is 9.62. The predicted molar refractivity (Wildman–Crippen MR) is 135 cm³/mol. The second kappa shape index (κ2) is 6.82. The summed E-state index contributed by atoms with van der Waals surface area (Å²) >= 11 is 0. The van der Waals surface area contributed by atoms with Gasteiger partial charge < -0.3 is 0 Å². The van der Waals surface area contributed by atoms with Crippen molar-refractivity contribution in [3.63, 3.8) is 0 Å². The molecule has 0 aliphatic heterocycles. The lowest BCUT2D eigenvalue weighted by molar-refractivity contribution is 0.509. The Balaban J connectivity index is 1.54. The van der Waals surface area contributed by atoms with Gasteiger partial charge in [-0.25, -0.2) is 0 Å². The van der Waals surface area contributed by atoms with Gasteiger partial charge in [-0.1, -0.05) is 65.8 Å². The summed E-state index contributed by atoms with van der Waals surface area (Å²) in [6.45, 7) is 4.69. The fourth-order valence-corrected chi connectivity index (χ4v) is 6.83. The first-order valence-corrected chi connectivity index (χ1v) is 12.4. The molecule has 6 aliphatic rings.